The fourth-order valence-electron chi connectivity index (χ4n) is 2.41. The summed E-state index contributed by atoms with van der Waals surface area (Å²) in [7, 11) is 0. The Kier molecular flexibility index (Phi) is 6.46. The highest BCUT2D eigenvalue weighted by Crippen LogP contribution is 2.07. The largest absolute Gasteiger partial charge is 0.395 e. The van der Waals surface area contributed by atoms with Crippen molar-refractivity contribution in [1.82, 2.24) is 15.1 Å². The maximum absolute atomic E-state index is 11.9. The summed E-state index contributed by atoms with van der Waals surface area (Å²) in [6.45, 7) is 5.83. The first kappa shape index (κ1) is 15.4. The second-order valence-corrected chi connectivity index (χ2v) is 6.08. The van der Waals surface area contributed by atoms with Crippen LogP contribution in [0.25, 0.3) is 0 Å². The molecule has 5 nitrogen and oxygen atoms in total. The fraction of sp³-hybridized carbons (Fsp3) is 0.643. The molecule has 2 heterocycles. The average molecular weight is 297 g/mol. The standard InChI is InChI=1S/C14H23N3O2S/c18-9-8-16-4-2-5-17(7-6-16)12-14(19)15-11-13-3-1-10-20-13/h1,3,10,18H,2,4-9,11-12H2,(H,15,19). The predicted molar refractivity (Wildman–Crippen MR) is 80.7 cm³/mol. The maximum Gasteiger partial charge on any atom is 0.234 e. The van der Waals surface area contributed by atoms with Gasteiger partial charge < -0.3 is 10.4 Å². The van der Waals surface area contributed by atoms with Crippen molar-refractivity contribution in [3.05, 3.63) is 22.4 Å². The van der Waals surface area contributed by atoms with E-state index in [1.807, 2.05) is 17.5 Å². The van der Waals surface area contributed by atoms with Crippen LogP contribution in [0.3, 0.4) is 0 Å². The van der Waals surface area contributed by atoms with Gasteiger partial charge in [0.05, 0.1) is 19.7 Å². The number of nitrogens with zero attached hydrogens (tertiary/aromatic N) is 2. The SMILES string of the molecule is O=C(CN1CCCN(CCO)CC1)NCc1cccs1. The van der Waals surface area contributed by atoms with Crippen molar-refractivity contribution in [1.29, 1.82) is 0 Å². The number of thiophene rings is 1. The summed E-state index contributed by atoms with van der Waals surface area (Å²) in [5, 5.41) is 13.9. The van der Waals surface area contributed by atoms with E-state index in [0.717, 1.165) is 39.1 Å². The molecule has 1 aliphatic heterocycles. The maximum atomic E-state index is 11.9. The third-order valence-corrected chi connectivity index (χ3v) is 4.38. The van der Waals surface area contributed by atoms with E-state index in [4.69, 9.17) is 5.11 Å². The van der Waals surface area contributed by atoms with Crippen molar-refractivity contribution in [3.63, 3.8) is 0 Å². The zero-order chi connectivity index (χ0) is 14.2. The van der Waals surface area contributed by atoms with Gasteiger partial charge in [-0.2, -0.15) is 0 Å². The lowest BCUT2D eigenvalue weighted by Gasteiger charge is -2.20. The van der Waals surface area contributed by atoms with Crippen LogP contribution in [0.1, 0.15) is 11.3 Å². The summed E-state index contributed by atoms with van der Waals surface area (Å²) >= 11 is 1.66. The Labute approximate surface area is 124 Å². The third-order valence-electron chi connectivity index (χ3n) is 3.50. The van der Waals surface area contributed by atoms with Crippen molar-refractivity contribution in [2.75, 3.05) is 45.9 Å². The van der Waals surface area contributed by atoms with Gasteiger partial charge in [-0.25, -0.2) is 0 Å². The Hall–Kier alpha value is -0.950. The zero-order valence-corrected chi connectivity index (χ0v) is 12.6. The molecule has 1 aliphatic rings. The van der Waals surface area contributed by atoms with Gasteiger partial charge in [-0.3, -0.25) is 14.6 Å². The van der Waals surface area contributed by atoms with Crippen LogP contribution < -0.4 is 5.32 Å². The van der Waals surface area contributed by atoms with E-state index in [1.54, 1.807) is 11.3 Å². The lowest BCUT2D eigenvalue weighted by atomic mass is 10.3. The van der Waals surface area contributed by atoms with E-state index in [9.17, 15) is 4.79 Å². The Bertz CT molecular complexity index is 397. The van der Waals surface area contributed by atoms with Gasteiger partial charge in [-0.05, 0) is 31.0 Å². The number of carbonyl (C=O) groups excluding carboxylic acids is 1. The molecule has 1 aromatic heterocycles. The fourth-order valence-corrected chi connectivity index (χ4v) is 3.05. The van der Waals surface area contributed by atoms with Crippen molar-refractivity contribution < 1.29 is 9.90 Å². The second kappa shape index (κ2) is 8.36. The molecule has 0 aromatic carbocycles. The van der Waals surface area contributed by atoms with Gasteiger partial charge in [0.2, 0.25) is 5.91 Å². The Morgan fingerprint density at radius 1 is 1.30 bits per heavy atom. The Morgan fingerprint density at radius 3 is 2.85 bits per heavy atom. The summed E-state index contributed by atoms with van der Waals surface area (Å²) < 4.78 is 0. The minimum atomic E-state index is 0.0917. The van der Waals surface area contributed by atoms with Gasteiger partial charge >= 0.3 is 0 Å². The van der Waals surface area contributed by atoms with E-state index in [0.29, 0.717) is 13.1 Å². The van der Waals surface area contributed by atoms with E-state index in [-0.39, 0.29) is 12.5 Å². The number of hydrogen-bond acceptors (Lipinski definition) is 5. The number of nitrogens with one attached hydrogen (secondary N) is 1. The number of rotatable bonds is 6. The number of β-amino-alcohol motifs (C(OH)–C–C–N with tert-alkyl or cyclic N) is 1. The number of hydrogen-bond donors (Lipinski definition) is 2. The summed E-state index contributed by atoms with van der Waals surface area (Å²) in [6.07, 6.45) is 1.05. The molecule has 2 rings (SSSR count). The molecule has 112 valence electrons. The summed E-state index contributed by atoms with van der Waals surface area (Å²) in [4.78, 5) is 17.6. The third kappa shape index (κ3) is 5.20. The predicted octanol–water partition coefficient (Wildman–Crippen LogP) is 0.364. The Balaban J connectivity index is 1.68. The van der Waals surface area contributed by atoms with Crippen molar-refractivity contribution in [3.8, 4) is 0 Å². The van der Waals surface area contributed by atoms with Gasteiger partial charge in [0.25, 0.3) is 0 Å². The first-order valence-electron chi connectivity index (χ1n) is 7.12. The zero-order valence-electron chi connectivity index (χ0n) is 11.8. The van der Waals surface area contributed by atoms with Crippen LogP contribution in [0.4, 0.5) is 0 Å². The summed E-state index contributed by atoms with van der Waals surface area (Å²) in [5.41, 5.74) is 0. The first-order chi connectivity index (χ1) is 9.78. The van der Waals surface area contributed by atoms with Crippen LogP contribution in [0, 0.1) is 0 Å². The van der Waals surface area contributed by atoms with E-state index in [2.05, 4.69) is 15.1 Å². The number of amides is 1. The molecule has 0 bridgehead atoms. The highest BCUT2D eigenvalue weighted by molar-refractivity contribution is 7.09. The van der Waals surface area contributed by atoms with Crippen LogP contribution >= 0.6 is 11.3 Å². The molecule has 0 radical (unpaired) electrons. The second-order valence-electron chi connectivity index (χ2n) is 5.05. The van der Waals surface area contributed by atoms with Crippen LogP contribution in [-0.2, 0) is 11.3 Å². The molecule has 0 spiro atoms. The highest BCUT2D eigenvalue weighted by atomic mass is 32.1. The molecule has 2 N–H and O–H groups in total. The van der Waals surface area contributed by atoms with Crippen LogP contribution in [0.15, 0.2) is 17.5 Å². The van der Waals surface area contributed by atoms with Gasteiger partial charge in [-0.1, -0.05) is 6.07 Å². The van der Waals surface area contributed by atoms with Crippen molar-refractivity contribution in [2.45, 2.75) is 13.0 Å². The number of carbonyl (C=O) groups is 1. The van der Waals surface area contributed by atoms with E-state index < -0.39 is 0 Å². The molecular formula is C14H23N3O2S. The lowest BCUT2D eigenvalue weighted by Crippen LogP contribution is -2.39. The van der Waals surface area contributed by atoms with Crippen LogP contribution in [0.2, 0.25) is 0 Å². The van der Waals surface area contributed by atoms with Gasteiger partial charge in [0, 0.05) is 24.5 Å². The number of aliphatic hydroxyl groups is 1. The van der Waals surface area contributed by atoms with Crippen LogP contribution in [0.5, 0.6) is 0 Å². The highest BCUT2D eigenvalue weighted by Gasteiger charge is 2.16. The Morgan fingerprint density at radius 2 is 2.10 bits per heavy atom. The molecule has 0 saturated carbocycles. The van der Waals surface area contributed by atoms with Crippen LogP contribution in [-0.4, -0.2) is 66.7 Å². The van der Waals surface area contributed by atoms with Crippen molar-refractivity contribution in [2.24, 2.45) is 0 Å². The quantitative estimate of drug-likeness (QED) is 0.796. The summed E-state index contributed by atoms with van der Waals surface area (Å²) in [5.74, 6) is 0.0917. The number of aliphatic hydroxyl groups excluding tert-OH is 1. The molecule has 6 heteroatoms. The normalized spacial score (nSPS) is 17.9. The topological polar surface area (TPSA) is 55.8 Å². The van der Waals surface area contributed by atoms with Crippen molar-refractivity contribution >= 4 is 17.2 Å². The molecule has 1 amide bonds. The molecule has 1 fully saturated rings. The molecule has 1 aromatic rings. The molecular weight excluding hydrogens is 274 g/mol. The van der Waals surface area contributed by atoms with E-state index >= 15 is 0 Å². The summed E-state index contributed by atoms with van der Waals surface area (Å²) in [6, 6.07) is 4.03. The monoisotopic (exact) mass is 297 g/mol. The van der Waals surface area contributed by atoms with Gasteiger partial charge in [0.1, 0.15) is 0 Å². The lowest BCUT2D eigenvalue weighted by molar-refractivity contribution is -0.122. The molecule has 0 atom stereocenters. The average Bonchev–Trinajstić information content (AvgIpc) is 2.86. The minimum absolute atomic E-state index is 0.0917. The molecule has 1 saturated heterocycles. The molecule has 0 aliphatic carbocycles. The molecule has 0 unspecified atom stereocenters. The molecule has 20 heavy (non-hydrogen) atoms. The smallest absolute Gasteiger partial charge is 0.234 e. The van der Waals surface area contributed by atoms with Gasteiger partial charge in [-0.15, -0.1) is 11.3 Å². The first-order valence-corrected chi connectivity index (χ1v) is 8.00. The minimum Gasteiger partial charge on any atom is -0.395 e. The van der Waals surface area contributed by atoms with E-state index in [1.165, 1.54) is 4.88 Å². The van der Waals surface area contributed by atoms with Gasteiger partial charge in [0.15, 0.2) is 0 Å².